The summed E-state index contributed by atoms with van der Waals surface area (Å²) in [5.74, 6) is -0.471. The van der Waals surface area contributed by atoms with E-state index < -0.39 is 5.95 Å². The maximum absolute atomic E-state index is 10.1. The molecule has 1 heterocycles. The number of rotatable bonds is 0. The first kappa shape index (κ1) is 4.53. The van der Waals surface area contributed by atoms with Gasteiger partial charge < -0.3 is 4.42 Å². The second-order valence-corrected chi connectivity index (χ2v) is 1.46. The molecule has 0 aliphatic rings. The van der Waals surface area contributed by atoms with Gasteiger partial charge in [-0.3, -0.25) is 0 Å². The average molecular weight is 118 g/mol. The van der Waals surface area contributed by atoms with Gasteiger partial charge in [0, 0.05) is 0 Å². The first-order valence-corrected chi connectivity index (χ1v) is 2.08. The Bertz CT molecular complexity index is 142. The van der Waals surface area contributed by atoms with Crippen molar-refractivity contribution >= 4 is 11.6 Å². The lowest BCUT2D eigenvalue weighted by Crippen LogP contribution is -1.45. The summed E-state index contributed by atoms with van der Waals surface area (Å²) in [6.45, 7) is 0. The van der Waals surface area contributed by atoms with Crippen molar-refractivity contribution in [1.29, 1.82) is 0 Å². The normalized spacial score (nSPS) is 9.29. The van der Waals surface area contributed by atoms with Crippen molar-refractivity contribution in [3.05, 3.63) is 17.4 Å². The molecule has 7 heavy (non-hydrogen) atoms. The topological polar surface area (TPSA) is 33.0 Å². The predicted molar refractivity (Wildman–Crippen MR) is 23.9 cm³/mol. The monoisotopic (exact) mass is 117 g/mol. The first-order valence-electron chi connectivity index (χ1n) is 1.70. The fourth-order valence-electron chi connectivity index (χ4n) is 0.280. The van der Waals surface area contributed by atoms with Crippen molar-refractivity contribution in [3.8, 4) is 5.95 Å². The molecule has 0 atom stereocenters. The van der Waals surface area contributed by atoms with E-state index in [1.165, 1.54) is 12.3 Å². The Hall–Kier alpha value is -0.630. The molecule has 0 aliphatic heterocycles. The number of hydrogen-bond donors (Lipinski definition) is 0. The Kier molecular flexibility index (Phi) is 0.947. The molecule has 0 N–H and O–H groups in total. The van der Waals surface area contributed by atoms with Crippen LogP contribution in [0.15, 0.2) is 16.7 Å². The van der Waals surface area contributed by atoms with Crippen molar-refractivity contribution in [1.82, 2.24) is 0 Å². The lowest BCUT2D eigenvalue weighted by atomic mass is 10.6. The number of halogens is 1. The SMILES string of the molecule is [O]c1occc1Cl. The minimum Gasteiger partial charge on any atom is -0.430 e. The molecule has 0 spiro atoms. The van der Waals surface area contributed by atoms with Crippen LogP contribution in [0.4, 0.5) is 0 Å². The van der Waals surface area contributed by atoms with E-state index in [1.807, 2.05) is 0 Å². The molecular formula is C4H2ClO2. The van der Waals surface area contributed by atoms with Crippen LogP contribution in [0.25, 0.3) is 0 Å². The smallest absolute Gasteiger partial charge is 0.354 e. The van der Waals surface area contributed by atoms with Gasteiger partial charge in [-0.25, -0.2) is 5.11 Å². The minimum absolute atomic E-state index is 0.139. The van der Waals surface area contributed by atoms with Crippen LogP contribution in [0.1, 0.15) is 0 Å². The fraction of sp³-hybridized carbons (Fsp3) is 0. The standard InChI is InChI=1S/C4H2ClO2/c5-3-1-2-7-4(3)6/h1-2H. The van der Waals surface area contributed by atoms with Crippen LogP contribution in [-0.2, 0) is 5.11 Å². The summed E-state index contributed by atoms with van der Waals surface area (Å²) in [5.41, 5.74) is 0. The van der Waals surface area contributed by atoms with Gasteiger partial charge >= 0.3 is 5.95 Å². The van der Waals surface area contributed by atoms with E-state index in [0.717, 1.165) is 0 Å². The summed E-state index contributed by atoms with van der Waals surface area (Å²) in [7, 11) is 0. The van der Waals surface area contributed by atoms with E-state index in [9.17, 15) is 5.11 Å². The van der Waals surface area contributed by atoms with Crippen LogP contribution in [0.3, 0.4) is 0 Å². The third kappa shape index (κ3) is 0.695. The molecule has 3 heteroatoms. The molecule has 0 saturated heterocycles. The summed E-state index contributed by atoms with van der Waals surface area (Å²) in [5, 5.41) is 10.3. The largest absolute Gasteiger partial charge is 0.430 e. The Morgan fingerprint density at radius 3 is 2.57 bits per heavy atom. The molecule has 0 bridgehead atoms. The molecule has 1 rings (SSSR count). The highest BCUT2D eigenvalue weighted by Gasteiger charge is 1.98. The van der Waals surface area contributed by atoms with E-state index in [-0.39, 0.29) is 5.02 Å². The van der Waals surface area contributed by atoms with Gasteiger partial charge in [0.15, 0.2) is 0 Å². The summed E-state index contributed by atoms with van der Waals surface area (Å²) in [6, 6.07) is 1.41. The van der Waals surface area contributed by atoms with Crippen LogP contribution < -0.4 is 0 Å². The van der Waals surface area contributed by atoms with E-state index >= 15 is 0 Å². The zero-order valence-corrected chi connectivity index (χ0v) is 4.11. The van der Waals surface area contributed by atoms with Crippen LogP contribution in [0, 0.1) is 0 Å². The minimum atomic E-state index is -0.471. The van der Waals surface area contributed by atoms with Crippen molar-refractivity contribution in [2.45, 2.75) is 0 Å². The zero-order valence-electron chi connectivity index (χ0n) is 3.35. The van der Waals surface area contributed by atoms with Gasteiger partial charge in [-0.2, -0.15) is 0 Å². The zero-order chi connectivity index (χ0) is 5.28. The molecule has 1 radical (unpaired) electrons. The highest BCUT2D eigenvalue weighted by Crippen LogP contribution is 2.22. The molecule has 2 nitrogen and oxygen atoms in total. The number of hydrogen-bond acceptors (Lipinski definition) is 1. The van der Waals surface area contributed by atoms with Crippen LogP contribution in [-0.4, -0.2) is 0 Å². The quantitative estimate of drug-likeness (QED) is 0.512. The van der Waals surface area contributed by atoms with Crippen LogP contribution in [0.2, 0.25) is 5.02 Å². The van der Waals surface area contributed by atoms with Crippen LogP contribution >= 0.6 is 11.6 Å². The molecule has 37 valence electrons. The maximum atomic E-state index is 10.1. The number of furan rings is 1. The van der Waals surface area contributed by atoms with Crippen molar-refractivity contribution < 1.29 is 9.52 Å². The highest BCUT2D eigenvalue weighted by atomic mass is 35.5. The third-order valence-corrected chi connectivity index (χ3v) is 0.865. The summed E-state index contributed by atoms with van der Waals surface area (Å²) < 4.78 is 4.28. The summed E-state index contributed by atoms with van der Waals surface area (Å²) in [4.78, 5) is 0. The summed E-state index contributed by atoms with van der Waals surface area (Å²) in [6.07, 6.45) is 1.25. The lowest BCUT2D eigenvalue weighted by molar-refractivity contribution is 0.252. The Morgan fingerprint density at radius 1 is 1.71 bits per heavy atom. The van der Waals surface area contributed by atoms with Gasteiger partial charge in [0.2, 0.25) is 0 Å². The van der Waals surface area contributed by atoms with Gasteiger partial charge in [0.25, 0.3) is 0 Å². The van der Waals surface area contributed by atoms with Gasteiger partial charge in [0.05, 0.1) is 6.26 Å². The second-order valence-electron chi connectivity index (χ2n) is 1.06. The molecule has 0 aromatic carbocycles. The maximum Gasteiger partial charge on any atom is 0.354 e. The molecule has 0 amide bonds. The molecule has 0 unspecified atom stereocenters. The molecule has 1 aromatic rings. The summed E-state index contributed by atoms with van der Waals surface area (Å²) >= 11 is 5.22. The van der Waals surface area contributed by atoms with Gasteiger partial charge in [0.1, 0.15) is 5.02 Å². The molecule has 0 saturated carbocycles. The van der Waals surface area contributed by atoms with Crippen molar-refractivity contribution in [2.75, 3.05) is 0 Å². The van der Waals surface area contributed by atoms with E-state index in [4.69, 9.17) is 11.6 Å². The van der Waals surface area contributed by atoms with Gasteiger partial charge in [-0.15, -0.1) is 0 Å². The van der Waals surface area contributed by atoms with E-state index in [1.54, 1.807) is 0 Å². The molecule has 0 fully saturated rings. The Balaban J connectivity index is 3.12. The van der Waals surface area contributed by atoms with E-state index in [0.29, 0.717) is 0 Å². The fourth-order valence-corrected chi connectivity index (χ4v) is 0.376. The Labute approximate surface area is 45.3 Å². The molecule has 1 aromatic heterocycles. The van der Waals surface area contributed by atoms with Crippen molar-refractivity contribution in [2.24, 2.45) is 0 Å². The Morgan fingerprint density at radius 2 is 2.43 bits per heavy atom. The molecule has 0 aliphatic carbocycles. The second kappa shape index (κ2) is 1.46. The van der Waals surface area contributed by atoms with Crippen LogP contribution in [0.5, 0.6) is 5.95 Å². The highest BCUT2D eigenvalue weighted by molar-refractivity contribution is 6.31. The predicted octanol–water partition coefficient (Wildman–Crippen LogP) is 2.08. The van der Waals surface area contributed by atoms with Crippen molar-refractivity contribution in [3.63, 3.8) is 0 Å². The van der Waals surface area contributed by atoms with E-state index in [2.05, 4.69) is 4.42 Å². The first-order chi connectivity index (χ1) is 3.30. The lowest BCUT2D eigenvalue weighted by Gasteiger charge is -1.70. The molecular weight excluding hydrogens is 115 g/mol. The van der Waals surface area contributed by atoms with Gasteiger partial charge in [-0.05, 0) is 6.07 Å². The average Bonchev–Trinajstić information content (AvgIpc) is 1.91. The third-order valence-electron chi connectivity index (χ3n) is 0.584. The van der Waals surface area contributed by atoms with Gasteiger partial charge in [-0.1, -0.05) is 11.6 Å².